The smallest absolute Gasteiger partial charge is 0.269 e. The summed E-state index contributed by atoms with van der Waals surface area (Å²) in [5.74, 6) is 2.26. The summed E-state index contributed by atoms with van der Waals surface area (Å²) < 4.78 is 45.9. The number of benzene rings is 2. The summed E-state index contributed by atoms with van der Waals surface area (Å²) in [7, 11) is -4.07. The lowest BCUT2D eigenvalue weighted by atomic mass is 9.83. The van der Waals surface area contributed by atoms with Crippen LogP contribution in [0.5, 0.6) is 5.75 Å². The van der Waals surface area contributed by atoms with Crippen molar-refractivity contribution >= 4 is 10.0 Å². The third kappa shape index (κ3) is 5.02. The van der Waals surface area contributed by atoms with E-state index in [9.17, 15) is 12.9 Å². The molecule has 0 aromatic heterocycles. The average Bonchev–Trinajstić information content (AvgIpc) is 3.37. The molecule has 2 aliphatic heterocycles. The van der Waals surface area contributed by atoms with Gasteiger partial charge >= 0.3 is 0 Å². The molecule has 5 rings (SSSR count). The van der Waals surface area contributed by atoms with Crippen LogP contribution in [0, 0.1) is 5.92 Å². The molecule has 2 heterocycles. The highest BCUT2D eigenvalue weighted by molar-refractivity contribution is 7.89. The van der Waals surface area contributed by atoms with Crippen LogP contribution in [0.2, 0.25) is 0 Å². The van der Waals surface area contributed by atoms with Crippen molar-refractivity contribution in [1.29, 1.82) is 0 Å². The Balaban J connectivity index is 1.06. The summed E-state index contributed by atoms with van der Waals surface area (Å²) in [6, 6.07) is 13.9. The molecule has 0 unspecified atom stereocenters. The van der Waals surface area contributed by atoms with E-state index in [-0.39, 0.29) is 9.42 Å². The minimum absolute atomic E-state index is 0.0241. The van der Waals surface area contributed by atoms with Crippen LogP contribution in [0.4, 0.5) is 4.48 Å². The Kier molecular flexibility index (Phi) is 7.23. The van der Waals surface area contributed by atoms with Gasteiger partial charge in [-0.25, -0.2) is 8.42 Å². The highest BCUT2D eigenvalue weighted by atomic mass is 32.2. The summed E-state index contributed by atoms with van der Waals surface area (Å²) in [6.45, 7) is 4.14. The quantitative estimate of drug-likeness (QED) is 0.497. The van der Waals surface area contributed by atoms with Crippen molar-refractivity contribution in [3.05, 3.63) is 59.7 Å². The van der Waals surface area contributed by atoms with Crippen LogP contribution in [0.1, 0.15) is 62.0 Å². The summed E-state index contributed by atoms with van der Waals surface area (Å²) >= 11 is 0. The van der Waals surface area contributed by atoms with E-state index in [4.69, 9.17) is 4.74 Å². The minimum atomic E-state index is -4.07. The van der Waals surface area contributed by atoms with E-state index in [1.807, 2.05) is 0 Å². The first-order chi connectivity index (χ1) is 16.5. The van der Waals surface area contributed by atoms with Crippen molar-refractivity contribution in [3.8, 4) is 5.75 Å². The van der Waals surface area contributed by atoms with Gasteiger partial charge in [0, 0.05) is 12.0 Å². The number of sulfonamides is 1. The molecule has 0 radical (unpaired) electrons. The van der Waals surface area contributed by atoms with Gasteiger partial charge in [0.2, 0.25) is 0 Å². The van der Waals surface area contributed by atoms with Crippen LogP contribution in [0.3, 0.4) is 0 Å². The Hall–Kier alpha value is -1.96. The third-order valence-corrected chi connectivity index (χ3v) is 9.66. The fourth-order valence-corrected chi connectivity index (χ4v) is 7.30. The third-order valence-electron chi connectivity index (χ3n) is 8.03. The van der Waals surface area contributed by atoms with Crippen molar-refractivity contribution < 1.29 is 17.6 Å². The molecule has 0 spiro atoms. The molecule has 1 saturated carbocycles. The standard InChI is InChI=1S/C27H35FN2O3S/c28-30(34(31,32)24-5-2-1-3-6-24)23-11-9-21(10-12-23)13-17-29-18-14-22(15-19-29)25-7-4-8-27-26(25)16-20-33-27/h1-8,21-23H,9-20H2. The molecule has 184 valence electrons. The lowest BCUT2D eigenvalue weighted by Crippen LogP contribution is -2.38. The van der Waals surface area contributed by atoms with Crippen molar-refractivity contribution in [2.45, 2.75) is 68.2 Å². The Morgan fingerprint density at radius 1 is 0.941 bits per heavy atom. The molecule has 1 saturated heterocycles. The predicted molar refractivity (Wildman–Crippen MR) is 131 cm³/mol. The first-order valence-electron chi connectivity index (χ1n) is 12.7. The van der Waals surface area contributed by atoms with Crippen molar-refractivity contribution in [3.63, 3.8) is 0 Å². The molecule has 34 heavy (non-hydrogen) atoms. The Morgan fingerprint density at radius 2 is 1.68 bits per heavy atom. The number of rotatable bonds is 7. The van der Waals surface area contributed by atoms with Crippen molar-refractivity contribution in [1.82, 2.24) is 9.43 Å². The number of piperidine rings is 1. The Labute approximate surface area is 202 Å². The predicted octanol–water partition coefficient (Wildman–Crippen LogP) is 5.33. The number of fused-ring (bicyclic) bond motifs is 1. The molecule has 5 nitrogen and oxygen atoms in total. The maximum Gasteiger partial charge on any atom is 0.269 e. The second kappa shape index (κ2) is 10.3. The number of halogens is 1. The van der Waals surface area contributed by atoms with E-state index in [2.05, 4.69) is 23.1 Å². The normalized spacial score (nSPS) is 24.2. The lowest BCUT2D eigenvalue weighted by Gasteiger charge is -2.35. The van der Waals surface area contributed by atoms with E-state index in [0.29, 0.717) is 24.7 Å². The van der Waals surface area contributed by atoms with Gasteiger partial charge in [0.1, 0.15) is 5.75 Å². The monoisotopic (exact) mass is 486 g/mol. The van der Waals surface area contributed by atoms with E-state index in [0.717, 1.165) is 57.7 Å². The van der Waals surface area contributed by atoms with Gasteiger partial charge in [-0.1, -0.05) is 30.3 Å². The van der Waals surface area contributed by atoms with Gasteiger partial charge in [-0.15, -0.1) is 4.48 Å². The van der Waals surface area contributed by atoms with E-state index >= 15 is 0 Å². The molecule has 0 bridgehead atoms. The molecular formula is C27H35FN2O3S. The summed E-state index contributed by atoms with van der Waals surface area (Å²) in [4.78, 5) is 2.60. The Bertz CT molecular complexity index is 1060. The zero-order valence-corrected chi connectivity index (χ0v) is 20.6. The SMILES string of the molecule is O=S(=O)(c1ccccc1)N(F)C1CCC(CCN2CCC(c3cccc4c3CCO4)CC2)CC1. The van der Waals surface area contributed by atoms with Crippen LogP contribution < -0.4 is 4.74 Å². The van der Waals surface area contributed by atoms with Gasteiger partial charge in [0.15, 0.2) is 0 Å². The van der Waals surface area contributed by atoms with Gasteiger partial charge < -0.3 is 9.64 Å². The highest BCUT2D eigenvalue weighted by Gasteiger charge is 2.35. The Morgan fingerprint density at radius 3 is 2.41 bits per heavy atom. The number of hydrogen-bond acceptors (Lipinski definition) is 4. The lowest BCUT2D eigenvalue weighted by molar-refractivity contribution is 0.0513. The largest absolute Gasteiger partial charge is 0.493 e. The van der Waals surface area contributed by atoms with E-state index in [1.54, 1.807) is 18.2 Å². The molecule has 0 N–H and O–H groups in total. The maximum atomic E-state index is 14.8. The molecular weight excluding hydrogens is 451 g/mol. The molecule has 0 amide bonds. The zero-order valence-electron chi connectivity index (χ0n) is 19.7. The van der Waals surface area contributed by atoms with Crippen molar-refractivity contribution in [2.75, 3.05) is 26.2 Å². The summed E-state index contributed by atoms with van der Waals surface area (Å²) in [5, 5.41) is 0. The molecule has 1 aliphatic carbocycles. The van der Waals surface area contributed by atoms with E-state index < -0.39 is 16.1 Å². The van der Waals surface area contributed by atoms with Crippen LogP contribution in [-0.4, -0.2) is 50.1 Å². The maximum absolute atomic E-state index is 14.8. The highest BCUT2D eigenvalue weighted by Crippen LogP contribution is 2.38. The molecule has 3 aliphatic rings. The average molecular weight is 487 g/mol. The van der Waals surface area contributed by atoms with Crippen molar-refractivity contribution in [2.24, 2.45) is 5.92 Å². The number of hydrogen-bond donors (Lipinski definition) is 0. The fourth-order valence-electron chi connectivity index (χ4n) is 5.99. The van der Waals surface area contributed by atoms with Gasteiger partial charge in [-0.3, -0.25) is 0 Å². The second-order valence-electron chi connectivity index (χ2n) is 10.1. The fraction of sp³-hybridized carbons (Fsp3) is 0.556. The molecule has 2 aromatic rings. The number of nitrogens with zero attached hydrogens (tertiary/aromatic N) is 2. The number of likely N-dealkylation sites (tertiary alicyclic amines) is 1. The molecule has 0 atom stereocenters. The molecule has 2 fully saturated rings. The van der Waals surface area contributed by atoms with Crippen LogP contribution >= 0.6 is 0 Å². The first kappa shape index (κ1) is 23.8. The topological polar surface area (TPSA) is 49.9 Å². The van der Waals surface area contributed by atoms with Gasteiger partial charge in [0.05, 0.1) is 17.5 Å². The summed E-state index contributed by atoms with van der Waals surface area (Å²) in [5.41, 5.74) is 2.92. The second-order valence-corrected chi connectivity index (χ2v) is 11.8. The van der Waals surface area contributed by atoms with Gasteiger partial charge in [-0.2, -0.15) is 0 Å². The van der Waals surface area contributed by atoms with Crippen LogP contribution in [-0.2, 0) is 16.4 Å². The van der Waals surface area contributed by atoms with Crippen LogP contribution in [0.15, 0.2) is 53.4 Å². The van der Waals surface area contributed by atoms with Gasteiger partial charge in [-0.05, 0) is 105 Å². The zero-order chi connectivity index (χ0) is 23.5. The molecule has 7 heteroatoms. The summed E-state index contributed by atoms with van der Waals surface area (Å²) in [6.07, 6.45) is 7.51. The van der Waals surface area contributed by atoms with Crippen LogP contribution in [0.25, 0.3) is 0 Å². The van der Waals surface area contributed by atoms with Gasteiger partial charge in [0.25, 0.3) is 10.0 Å². The van der Waals surface area contributed by atoms with E-state index in [1.165, 1.54) is 36.1 Å². The minimum Gasteiger partial charge on any atom is -0.493 e. The molecule has 2 aromatic carbocycles. The first-order valence-corrected chi connectivity index (χ1v) is 14.2. The number of ether oxygens (including phenoxy) is 1.